The molecule has 0 bridgehead atoms. The van der Waals surface area contributed by atoms with Crippen LogP contribution < -0.4 is 10.1 Å². The third-order valence-electron chi connectivity index (χ3n) is 4.94. The van der Waals surface area contributed by atoms with Crippen molar-refractivity contribution in [3.05, 3.63) is 59.7 Å². The molecule has 6 heteroatoms. The van der Waals surface area contributed by atoms with E-state index in [1.54, 1.807) is 13.2 Å². The first-order valence-electron chi connectivity index (χ1n) is 9.70. The number of nitrogens with zero attached hydrogens (tertiary/aromatic N) is 1. The second-order valence-electron chi connectivity index (χ2n) is 6.97. The number of hydrogen-bond donors (Lipinski definition) is 2. The van der Waals surface area contributed by atoms with Gasteiger partial charge >= 0.3 is 0 Å². The summed E-state index contributed by atoms with van der Waals surface area (Å²) in [5.41, 5.74) is 2.09. The van der Waals surface area contributed by atoms with Crippen molar-refractivity contribution in [2.45, 2.75) is 31.9 Å². The first-order chi connectivity index (χ1) is 13.7. The van der Waals surface area contributed by atoms with Crippen molar-refractivity contribution in [3.63, 3.8) is 0 Å². The first-order valence-corrected chi connectivity index (χ1v) is 10.1. The summed E-state index contributed by atoms with van der Waals surface area (Å²) >= 11 is 5.67. The molecule has 150 valence electrons. The van der Waals surface area contributed by atoms with E-state index >= 15 is 0 Å². The highest BCUT2D eigenvalue weighted by Gasteiger charge is 2.21. The Labute approximate surface area is 172 Å². The van der Waals surface area contributed by atoms with Gasteiger partial charge in [-0.15, -0.1) is 0 Å². The van der Waals surface area contributed by atoms with Crippen LogP contribution in [0.15, 0.2) is 48.5 Å². The molecule has 1 unspecified atom stereocenters. The number of nitrogens with one attached hydrogen (secondary N) is 1. The van der Waals surface area contributed by atoms with Gasteiger partial charge in [0.25, 0.3) is 0 Å². The fraction of sp³-hybridized carbons (Fsp3) is 0.409. The molecule has 0 radical (unpaired) electrons. The van der Waals surface area contributed by atoms with Gasteiger partial charge in [0, 0.05) is 31.8 Å². The minimum atomic E-state index is 0.187. The summed E-state index contributed by atoms with van der Waals surface area (Å²) in [6.45, 7) is 2.84. The third-order valence-corrected chi connectivity index (χ3v) is 5.34. The van der Waals surface area contributed by atoms with Gasteiger partial charge in [0.05, 0.1) is 13.2 Å². The largest absolute Gasteiger partial charge is 0.508 e. The topological polar surface area (TPSA) is 54.0 Å². The summed E-state index contributed by atoms with van der Waals surface area (Å²) in [5.74, 6) is 1.15. The molecule has 1 heterocycles. The molecule has 1 atom stereocenters. The molecule has 28 heavy (non-hydrogen) atoms. The molecular weight excluding hydrogens is 372 g/mol. The highest BCUT2D eigenvalue weighted by Crippen LogP contribution is 2.20. The Bertz CT molecular complexity index is 761. The molecule has 0 saturated carbocycles. The molecule has 2 N–H and O–H groups in total. The fourth-order valence-electron chi connectivity index (χ4n) is 3.32. The third kappa shape index (κ3) is 5.84. The maximum Gasteiger partial charge on any atom is 0.169 e. The number of phenols is 1. The van der Waals surface area contributed by atoms with E-state index < -0.39 is 0 Å². The van der Waals surface area contributed by atoms with Gasteiger partial charge < -0.3 is 24.8 Å². The summed E-state index contributed by atoms with van der Waals surface area (Å²) in [6, 6.07) is 15.5. The van der Waals surface area contributed by atoms with Crippen molar-refractivity contribution in [1.82, 2.24) is 10.2 Å². The number of benzene rings is 2. The van der Waals surface area contributed by atoms with Gasteiger partial charge in [-0.25, -0.2) is 0 Å². The first kappa shape index (κ1) is 20.4. The van der Waals surface area contributed by atoms with E-state index in [0.717, 1.165) is 50.3 Å². The van der Waals surface area contributed by atoms with Crippen LogP contribution in [0.3, 0.4) is 0 Å². The number of methoxy groups -OCH3 is 1. The summed E-state index contributed by atoms with van der Waals surface area (Å²) in [5, 5.41) is 14.2. The zero-order valence-electron chi connectivity index (χ0n) is 16.3. The van der Waals surface area contributed by atoms with Crippen LogP contribution in [0, 0.1) is 0 Å². The van der Waals surface area contributed by atoms with Crippen LogP contribution in [0.4, 0.5) is 0 Å². The number of hydrogen-bond acceptors (Lipinski definition) is 4. The quantitative estimate of drug-likeness (QED) is 0.662. The van der Waals surface area contributed by atoms with Gasteiger partial charge in [-0.1, -0.05) is 30.3 Å². The van der Waals surface area contributed by atoms with E-state index in [1.807, 2.05) is 30.3 Å². The van der Waals surface area contributed by atoms with Crippen molar-refractivity contribution in [2.75, 3.05) is 26.8 Å². The number of phenolic OH excluding ortho intramolecular Hbond substituents is 1. The Morgan fingerprint density at radius 1 is 1.25 bits per heavy atom. The molecule has 0 amide bonds. The Morgan fingerprint density at radius 3 is 2.71 bits per heavy atom. The minimum Gasteiger partial charge on any atom is -0.508 e. The highest BCUT2D eigenvalue weighted by atomic mass is 32.1. The van der Waals surface area contributed by atoms with E-state index in [0.29, 0.717) is 17.4 Å². The zero-order chi connectivity index (χ0) is 19.8. The molecule has 0 spiro atoms. The maximum atomic E-state index is 10.1. The number of aromatic hydroxyl groups is 1. The van der Waals surface area contributed by atoms with E-state index in [2.05, 4.69) is 22.3 Å². The average molecular weight is 401 g/mol. The molecule has 1 saturated heterocycles. The average Bonchev–Trinajstić information content (AvgIpc) is 3.22. The molecule has 1 aliphatic heterocycles. The second kappa shape index (κ2) is 10.3. The Kier molecular flexibility index (Phi) is 7.51. The predicted molar refractivity (Wildman–Crippen MR) is 115 cm³/mol. The highest BCUT2D eigenvalue weighted by molar-refractivity contribution is 7.80. The molecular formula is C22H28N2O3S. The standard InChI is InChI=1S/C22H28N2O3S/c1-26-19-10-8-17(9-11-19)12-13-23-22(28)24(16-20-6-4-14-27-20)15-18-5-2-3-7-21(18)25/h2-3,5,7-11,20,25H,4,6,12-16H2,1H3,(H,23,28). The minimum absolute atomic E-state index is 0.187. The fourth-order valence-corrected chi connectivity index (χ4v) is 3.56. The van der Waals surface area contributed by atoms with Crippen LogP contribution in [-0.4, -0.2) is 48.0 Å². The summed E-state index contributed by atoms with van der Waals surface area (Å²) < 4.78 is 11.0. The zero-order valence-corrected chi connectivity index (χ0v) is 17.1. The Hall–Kier alpha value is -2.31. The smallest absolute Gasteiger partial charge is 0.169 e. The van der Waals surface area contributed by atoms with Crippen LogP contribution in [-0.2, 0) is 17.7 Å². The van der Waals surface area contributed by atoms with Gasteiger partial charge in [0.2, 0.25) is 0 Å². The van der Waals surface area contributed by atoms with E-state index in [9.17, 15) is 5.11 Å². The molecule has 0 aliphatic carbocycles. The molecule has 0 aromatic heterocycles. The lowest BCUT2D eigenvalue weighted by atomic mass is 10.1. The van der Waals surface area contributed by atoms with Crippen LogP contribution >= 0.6 is 12.2 Å². The summed E-state index contributed by atoms with van der Waals surface area (Å²) in [4.78, 5) is 2.09. The predicted octanol–water partition coefficient (Wildman–Crippen LogP) is 3.50. The number of thiocarbonyl (C=S) groups is 1. The van der Waals surface area contributed by atoms with Crippen LogP contribution in [0.2, 0.25) is 0 Å². The molecule has 2 aromatic carbocycles. The Morgan fingerprint density at radius 2 is 2.04 bits per heavy atom. The normalized spacial score (nSPS) is 16.0. The summed E-state index contributed by atoms with van der Waals surface area (Å²) in [6.07, 6.45) is 3.19. The lowest BCUT2D eigenvalue weighted by Gasteiger charge is -2.28. The lowest BCUT2D eigenvalue weighted by Crippen LogP contribution is -2.43. The lowest BCUT2D eigenvalue weighted by molar-refractivity contribution is 0.0896. The molecule has 2 aromatic rings. The SMILES string of the molecule is COc1ccc(CCNC(=S)N(Cc2ccccc2O)CC2CCCO2)cc1. The van der Waals surface area contributed by atoms with Gasteiger partial charge in [0.1, 0.15) is 11.5 Å². The van der Waals surface area contributed by atoms with Crippen molar-refractivity contribution in [1.29, 1.82) is 0 Å². The van der Waals surface area contributed by atoms with E-state index in [1.165, 1.54) is 5.56 Å². The number of para-hydroxylation sites is 1. The molecule has 3 rings (SSSR count). The van der Waals surface area contributed by atoms with Gasteiger partial charge in [0.15, 0.2) is 5.11 Å². The van der Waals surface area contributed by atoms with Crippen molar-refractivity contribution >= 4 is 17.3 Å². The number of rotatable bonds is 8. The van der Waals surface area contributed by atoms with E-state index in [4.69, 9.17) is 21.7 Å². The van der Waals surface area contributed by atoms with Gasteiger partial charge in [-0.2, -0.15) is 0 Å². The van der Waals surface area contributed by atoms with Crippen molar-refractivity contribution in [2.24, 2.45) is 0 Å². The second-order valence-corrected chi connectivity index (χ2v) is 7.36. The van der Waals surface area contributed by atoms with E-state index in [-0.39, 0.29) is 6.10 Å². The van der Waals surface area contributed by atoms with Crippen molar-refractivity contribution < 1.29 is 14.6 Å². The number of ether oxygens (including phenoxy) is 2. The van der Waals surface area contributed by atoms with Gasteiger partial charge in [-0.05, 0) is 55.2 Å². The van der Waals surface area contributed by atoms with Crippen LogP contribution in [0.25, 0.3) is 0 Å². The maximum absolute atomic E-state index is 10.1. The molecule has 1 fully saturated rings. The van der Waals surface area contributed by atoms with Gasteiger partial charge in [-0.3, -0.25) is 0 Å². The van der Waals surface area contributed by atoms with Crippen molar-refractivity contribution in [3.8, 4) is 11.5 Å². The van der Waals surface area contributed by atoms with Crippen LogP contribution in [0.5, 0.6) is 11.5 Å². The molecule has 1 aliphatic rings. The van der Waals surface area contributed by atoms with Crippen LogP contribution in [0.1, 0.15) is 24.0 Å². The monoisotopic (exact) mass is 400 g/mol. The molecule has 5 nitrogen and oxygen atoms in total. The summed E-state index contributed by atoms with van der Waals surface area (Å²) in [7, 11) is 1.67. The Balaban J connectivity index is 1.57.